The number of aliphatic imine (C=N–C) groups is 1. The van der Waals surface area contributed by atoms with Crippen LogP contribution in [0, 0.1) is 11.8 Å². The van der Waals surface area contributed by atoms with Crippen LogP contribution in [0.15, 0.2) is 4.99 Å². The van der Waals surface area contributed by atoms with Crippen molar-refractivity contribution in [2.24, 2.45) is 16.8 Å². The predicted octanol–water partition coefficient (Wildman–Crippen LogP) is 3.10. The summed E-state index contributed by atoms with van der Waals surface area (Å²) in [5, 5.41) is 7.09. The molecule has 1 saturated carbocycles. The normalized spacial score (nSPS) is 26.6. The number of rotatable bonds is 7. The van der Waals surface area contributed by atoms with Crippen LogP contribution in [-0.2, 0) is 4.74 Å². The molecule has 2 fully saturated rings. The van der Waals surface area contributed by atoms with Gasteiger partial charge in [-0.1, -0.05) is 20.3 Å². The zero-order valence-corrected chi connectivity index (χ0v) is 18.8. The third-order valence-corrected chi connectivity index (χ3v) is 5.34. The van der Waals surface area contributed by atoms with Crippen LogP contribution in [0.5, 0.6) is 0 Å². The molecule has 2 aliphatic rings. The van der Waals surface area contributed by atoms with Crippen molar-refractivity contribution < 1.29 is 4.74 Å². The highest BCUT2D eigenvalue weighted by Gasteiger charge is 2.20. The highest BCUT2D eigenvalue weighted by atomic mass is 127. The number of guanidine groups is 1. The van der Waals surface area contributed by atoms with Crippen LogP contribution in [0.4, 0.5) is 0 Å². The molecule has 1 aliphatic heterocycles. The van der Waals surface area contributed by atoms with Crippen molar-refractivity contribution in [1.29, 1.82) is 0 Å². The molecule has 0 amide bonds. The molecule has 0 aromatic carbocycles. The fraction of sp³-hybridized carbons (Fsp3) is 0.947. The quantitative estimate of drug-likeness (QED) is 0.344. The Hall–Kier alpha value is -0.0800. The van der Waals surface area contributed by atoms with E-state index in [9.17, 15) is 0 Å². The van der Waals surface area contributed by atoms with Crippen molar-refractivity contribution in [2.45, 2.75) is 58.9 Å². The Morgan fingerprint density at radius 1 is 1.16 bits per heavy atom. The van der Waals surface area contributed by atoms with E-state index >= 15 is 0 Å². The smallest absolute Gasteiger partial charge is 0.191 e. The van der Waals surface area contributed by atoms with Gasteiger partial charge in [-0.25, -0.2) is 0 Å². The van der Waals surface area contributed by atoms with Crippen LogP contribution >= 0.6 is 24.0 Å². The number of hydrogen-bond donors (Lipinski definition) is 2. The van der Waals surface area contributed by atoms with Crippen molar-refractivity contribution in [3.05, 3.63) is 0 Å². The molecule has 25 heavy (non-hydrogen) atoms. The third-order valence-electron chi connectivity index (χ3n) is 5.34. The standard InChI is InChI=1S/C19H38N4O.HI/c1-4-17-6-8-18(9-7-17)22-19(20-5-2)21-14-16(3)15-23-10-12-24-13-11-23;/h16-18H,4-15H2,1-3H3,(H2,20,21,22);1H. The molecule has 1 heterocycles. The van der Waals surface area contributed by atoms with Crippen molar-refractivity contribution in [1.82, 2.24) is 15.5 Å². The van der Waals surface area contributed by atoms with Gasteiger partial charge < -0.3 is 15.4 Å². The summed E-state index contributed by atoms with van der Waals surface area (Å²) in [5.41, 5.74) is 0. The van der Waals surface area contributed by atoms with Crippen LogP contribution < -0.4 is 10.6 Å². The molecule has 0 aromatic heterocycles. The van der Waals surface area contributed by atoms with Gasteiger partial charge in [0.05, 0.1) is 13.2 Å². The van der Waals surface area contributed by atoms with Crippen LogP contribution in [0.3, 0.4) is 0 Å². The molecule has 0 spiro atoms. The number of ether oxygens (including phenoxy) is 1. The maximum Gasteiger partial charge on any atom is 0.191 e. The summed E-state index contributed by atoms with van der Waals surface area (Å²) in [6.07, 6.45) is 6.63. The summed E-state index contributed by atoms with van der Waals surface area (Å²) in [4.78, 5) is 7.34. The molecular weight excluding hydrogens is 427 g/mol. The molecule has 2 rings (SSSR count). The summed E-state index contributed by atoms with van der Waals surface area (Å²) in [6.45, 7) is 13.6. The average molecular weight is 466 g/mol. The Bertz CT molecular complexity index is 366. The van der Waals surface area contributed by atoms with E-state index in [1.54, 1.807) is 0 Å². The van der Waals surface area contributed by atoms with Gasteiger partial charge in [0.1, 0.15) is 0 Å². The van der Waals surface area contributed by atoms with E-state index < -0.39 is 0 Å². The molecule has 0 radical (unpaired) electrons. The molecule has 0 bridgehead atoms. The highest BCUT2D eigenvalue weighted by Crippen LogP contribution is 2.26. The second-order valence-electron chi connectivity index (χ2n) is 7.51. The zero-order chi connectivity index (χ0) is 17.2. The highest BCUT2D eigenvalue weighted by molar-refractivity contribution is 14.0. The van der Waals surface area contributed by atoms with E-state index in [1.165, 1.54) is 32.1 Å². The van der Waals surface area contributed by atoms with Crippen molar-refractivity contribution in [3.8, 4) is 0 Å². The lowest BCUT2D eigenvalue weighted by Gasteiger charge is -2.30. The zero-order valence-electron chi connectivity index (χ0n) is 16.4. The first-order valence-electron chi connectivity index (χ1n) is 10.1. The van der Waals surface area contributed by atoms with E-state index in [-0.39, 0.29) is 24.0 Å². The Labute approximate surface area is 171 Å². The molecule has 1 aliphatic carbocycles. The summed E-state index contributed by atoms with van der Waals surface area (Å²) < 4.78 is 5.42. The monoisotopic (exact) mass is 466 g/mol. The largest absolute Gasteiger partial charge is 0.379 e. The van der Waals surface area contributed by atoms with Gasteiger partial charge in [0.2, 0.25) is 0 Å². The van der Waals surface area contributed by atoms with Gasteiger partial charge >= 0.3 is 0 Å². The first kappa shape index (κ1) is 23.0. The van der Waals surface area contributed by atoms with Crippen LogP contribution in [0.2, 0.25) is 0 Å². The summed E-state index contributed by atoms with van der Waals surface area (Å²) in [7, 11) is 0. The average Bonchev–Trinajstić information content (AvgIpc) is 2.61. The molecular formula is C19H39IN4O. The number of hydrogen-bond acceptors (Lipinski definition) is 3. The fourth-order valence-corrected chi connectivity index (χ4v) is 3.76. The van der Waals surface area contributed by atoms with Crippen molar-refractivity contribution >= 4 is 29.9 Å². The number of nitrogens with zero attached hydrogens (tertiary/aromatic N) is 2. The molecule has 148 valence electrons. The first-order valence-corrected chi connectivity index (χ1v) is 10.1. The summed E-state index contributed by atoms with van der Waals surface area (Å²) in [5.74, 6) is 2.52. The predicted molar refractivity (Wildman–Crippen MR) is 117 cm³/mol. The molecule has 1 saturated heterocycles. The SMILES string of the molecule is CCNC(=NCC(C)CN1CCOCC1)NC1CCC(CC)CC1.I. The van der Waals surface area contributed by atoms with E-state index in [1.807, 2.05) is 0 Å². The summed E-state index contributed by atoms with van der Waals surface area (Å²) in [6, 6.07) is 0.597. The lowest BCUT2D eigenvalue weighted by atomic mass is 9.84. The van der Waals surface area contributed by atoms with E-state index in [0.29, 0.717) is 12.0 Å². The van der Waals surface area contributed by atoms with Crippen LogP contribution in [0.25, 0.3) is 0 Å². The lowest BCUT2D eigenvalue weighted by molar-refractivity contribution is 0.0323. The van der Waals surface area contributed by atoms with Gasteiger partial charge in [-0.05, 0) is 44.4 Å². The van der Waals surface area contributed by atoms with Crippen LogP contribution in [-0.4, -0.2) is 62.8 Å². The number of halogens is 1. The topological polar surface area (TPSA) is 48.9 Å². The Morgan fingerprint density at radius 3 is 2.44 bits per heavy atom. The number of morpholine rings is 1. The van der Waals surface area contributed by atoms with Gasteiger partial charge in [0.25, 0.3) is 0 Å². The lowest BCUT2D eigenvalue weighted by Crippen LogP contribution is -2.45. The van der Waals surface area contributed by atoms with Gasteiger partial charge in [0.15, 0.2) is 5.96 Å². The maximum absolute atomic E-state index is 5.42. The minimum atomic E-state index is 0. The van der Waals surface area contributed by atoms with Gasteiger partial charge in [0, 0.05) is 38.8 Å². The molecule has 0 aromatic rings. The molecule has 1 atom stereocenters. The molecule has 1 unspecified atom stereocenters. The maximum atomic E-state index is 5.42. The van der Waals surface area contributed by atoms with Gasteiger partial charge in [-0.15, -0.1) is 24.0 Å². The minimum Gasteiger partial charge on any atom is -0.379 e. The number of nitrogens with one attached hydrogen (secondary N) is 2. The second-order valence-corrected chi connectivity index (χ2v) is 7.51. The Balaban J connectivity index is 0.00000312. The second kappa shape index (κ2) is 13.1. The Morgan fingerprint density at radius 2 is 1.84 bits per heavy atom. The van der Waals surface area contributed by atoms with E-state index in [2.05, 4.69) is 36.3 Å². The third kappa shape index (κ3) is 8.91. The fourth-order valence-electron chi connectivity index (χ4n) is 3.76. The van der Waals surface area contributed by atoms with E-state index in [4.69, 9.17) is 9.73 Å². The summed E-state index contributed by atoms with van der Waals surface area (Å²) >= 11 is 0. The van der Waals surface area contributed by atoms with Gasteiger partial charge in [-0.2, -0.15) is 0 Å². The molecule has 2 N–H and O–H groups in total. The first-order chi connectivity index (χ1) is 11.7. The van der Waals surface area contributed by atoms with E-state index in [0.717, 1.165) is 57.8 Å². The minimum absolute atomic E-state index is 0. The van der Waals surface area contributed by atoms with Gasteiger partial charge in [-0.3, -0.25) is 9.89 Å². The van der Waals surface area contributed by atoms with Crippen LogP contribution in [0.1, 0.15) is 52.9 Å². The van der Waals surface area contributed by atoms with Crippen molar-refractivity contribution in [3.63, 3.8) is 0 Å². The molecule has 5 nitrogen and oxygen atoms in total. The Kier molecular flexibility index (Phi) is 12.1. The molecule has 6 heteroatoms. The van der Waals surface area contributed by atoms with Crippen molar-refractivity contribution in [2.75, 3.05) is 45.9 Å².